The standard InChI is InChI=1S/C7H7N3O3S2/c1-15(12,13)4-2-9-7-10(6(4)11)3-5(8)14-7/h2-3H,8H2,1H3. The van der Waals surface area contributed by atoms with Crippen molar-refractivity contribution in [3.05, 3.63) is 22.7 Å². The Balaban J connectivity index is 2.94. The minimum atomic E-state index is -3.55. The molecule has 6 nitrogen and oxygen atoms in total. The van der Waals surface area contributed by atoms with E-state index in [-0.39, 0.29) is 4.90 Å². The highest BCUT2D eigenvalue weighted by atomic mass is 32.2. The van der Waals surface area contributed by atoms with Crippen LogP contribution in [0.4, 0.5) is 5.00 Å². The summed E-state index contributed by atoms with van der Waals surface area (Å²) in [4.78, 5) is 15.6. The summed E-state index contributed by atoms with van der Waals surface area (Å²) in [6.07, 6.45) is 3.39. The smallest absolute Gasteiger partial charge is 0.277 e. The molecular weight excluding hydrogens is 238 g/mol. The highest BCUT2D eigenvalue weighted by Crippen LogP contribution is 2.16. The molecule has 15 heavy (non-hydrogen) atoms. The molecule has 2 rings (SSSR count). The molecule has 0 unspecified atom stereocenters. The molecule has 0 fully saturated rings. The van der Waals surface area contributed by atoms with E-state index >= 15 is 0 Å². The molecule has 80 valence electrons. The van der Waals surface area contributed by atoms with Crippen molar-refractivity contribution in [1.29, 1.82) is 0 Å². The number of fused-ring (bicyclic) bond motifs is 1. The van der Waals surface area contributed by atoms with Gasteiger partial charge in [-0.2, -0.15) is 0 Å². The van der Waals surface area contributed by atoms with Crippen molar-refractivity contribution in [2.75, 3.05) is 12.0 Å². The number of nitrogen functional groups attached to an aromatic ring is 1. The van der Waals surface area contributed by atoms with Crippen LogP contribution in [-0.2, 0) is 9.84 Å². The molecule has 0 radical (unpaired) electrons. The van der Waals surface area contributed by atoms with E-state index in [0.717, 1.165) is 28.2 Å². The molecule has 2 N–H and O–H groups in total. The van der Waals surface area contributed by atoms with Crippen molar-refractivity contribution in [2.45, 2.75) is 4.90 Å². The van der Waals surface area contributed by atoms with Gasteiger partial charge in [-0.05, 0) is 0 Å². The summed E-state index contributed by atoms with van der Waals surface area (Å²) in [6.45, 7) is 0. The Morgan fingerprint density at radius 1 is 1.53 bits per heavy atom. The maximum absolute atomic E-state index is 11.7. The molecule has 0 saturated carbocycles. The summed E-state index contributed by atoms with van der Waals surface area (Å²) < 4.78 is 23.6. The number of hydrogen-bond donors (Lipinski definition) is 1. The number of anilines is 1. The van der Waals surface area contributed by atoms with Crippen LogP contribution in [0.5, 0.6) is 0 Å². The Labute approximate surface area is 88.9 Å². The van der Waals surface area contributed by atoms with Crippen LogP contribution in [-0.4, -0.2) is 24.1 Å². The molecule has 0 atom stereocenters. The first-order chi connectivity index (χ1) is 6.89. The van der Waals surface area contributed by atoms with Crippen LogP contribution in [0.15, 0.2) is 22.1 Å². The van der Waals surface area contributed by atoms with Crippen LogP contribution in [0.25, 0.3) is 4.96 Å². The predicted molar refractivity (Wildman–Crippen MR) is 56.9 cm³/mol. The predicted octanol–water partition coefficient (Wildman–Crippen LogP) is -0.258. The molecule has 0 aliphatic carbocycles. The van der Waals surface area contributed by atoms with Gasteiger partial charge in [0.1, 0.15) is 5.00 Å². The van der Waals surface area contributed by atoms with Crippen molar-refractivity contribution in [3.63, 3.8) is 0 Å². The maximum atomic E-state index is 11.7. The highest BCUT2D eigenvalue weighted by Gasteiger charge is 2.15. The number of aromatic nitrogens is 2. The molecular formula is C7H7N3O3S2. The van der Waals surface area contributed by atoms with Gasteiger partial charge in [0.25, 0.3) is 5.56 Å². The summed E-state index contributed by atoms with van der Waals surface area (Å²) in [5.74, 6) is 0. The average Bonchev–Trinajstić information content (AvgIpc) is 2.44. The second kappa shape index (κ2) is 3.04. The third kappa shape index (κ3) is 1.61. The maximum Gasteiger partial charge on any atom is 0.277 e. The van der Waals surface area contributed by atoms with E-state index in [1.807, 2.05) is 0 Å². The largest absolute Gasteiger partial charge is 0.389 e. The van der Waals surface area contributed by atoms with Crippen LogP contribution in [0.3, 0.4) is 0 Å². The number of hydrogen-bond acceptors (Lipinski definition) is 6. The van der Waals surface area contributed by atoms with Gasteiger partial charge in [0.15, 0.2) is 19.7 Å². The van der Waals surface area contributed by atoms with Gasteiger partial charge in [0, 0.05) is 12.5 Å². The normalized spacial score (nSPS) is 12.1. The molecule has 0 spiro atoms. The molecule has 0 aliphatic rings. The molecule has 0 saturated heterocycles. The zero-order chi connectivity index (χ0) is 11.2. The van der Waals surface area contributed by atoms with Crippen molar-refractivity contribution >= 4 is 31.1 Å². The number of nitrogens with zero attached hydrogens (tertiary/aromatic N) is 2. The second-order valence-electron chi connectivity index (χ2n) is 2.99. The van der Waals surface area contributed by atoms with Gasteiger partial charge >= 0.3 is 0 Å². The number of sulfone groups is 1. The van der Waals surface area contributed by atoms with Crippen molar-refractivity contribution in [2.24, 2.45) is 0 Å². The molecule has 0 aliphatic heterocycles. The van der Waals surface area contributed by atoms with E-state index in [1.165, 1.54) is 6.20 Å². The van der Waals surface area contributed by atoms with Crippen molar-refractivity contribution < 1.29 is 8.42 Å². The van der Waals surface area contributed by atoms with E-state index < -0.39 is 15.4 Å². The summed E-state index contributed by atoms with van der Waals surface area (Å²) in [5, 5.41) is 0.408. The lowest BCUT2D eigenvalue weighted by atomic mass is 10.6. The first kappa shape index (κ1) is 10.1. The van der Waals surface area contributed by atoms with Gasteiger partial charge in [-0.3, -0.25) is 9.20 Å². The highest BCUT2D eigenvalue weighted by molar-refractivity contribution is 7.90. The van der Waals surface area contributed by atoms with E-state index in [2.05, 4.69) is 4.98 Å². The molecule has 0 amide bonds. The quantitative estimate of drug-likeness (QED) is 0.747. The topological polar surface area (TPSA) is 94.5 Å². The lowest BCUT2D eigenvalue weighted by Crippen LogP contribution is -2.20. The SMILES string of the molecule is CS(=O)(=O)c1cnc2sc(N)cn2c1=O. The Bertz CT molecular complexity index is 683. The zero-order valence-corrected chi connectivity index (χ0v) is 9.30. The number of thiazole rings is 1. The van der Waals surface area contributed by atoms with Gasteiger partial charge in [-0.15, -0.1) is 0 Å². The lowest BCUT2D eigenvalue weighted by Gasteiger charge is -1.96. The fourth-order valence-corrected chi connectivity index (χ4v) is 2.51. The second-order valence-corrected chi connectivity index (χ2v) is 6.01. The minimum Gasteiger partial charge on any atom is -0.389 e. The average molecular weight is 245 g/mol. The van der Waals surface area contributed by atoms with E-state index in [9.17, 15) is 13.2 Å². The molecule has 8 heteroatoms. The van der Waals surface area contributed by atoms with E-state index in [1.54, 1.807) is 0 Å². The van der Waals surface area contributed by atoms with Gasteiger partial charge in [0.2, 0.25) is 0 Å². The van der Waals surface area contributed by atoms with Gasteiger partial charge in [-0.1, -0.05) is 11.3 Å². The van der Waals surface area contributed by atoms with Gasteiger partial charge < -0.3 is 5.73 Å². The molecule has 0 aromatic carbocycles. The zero-order valence-electron chi connectivity index (χ0n) is 7.67. The van der Waals surface area contributed by atoms with Gasteiger partial charge in [0.05, 0.1) is 6.20 Å². The van der Waals surface area contributed by atoms with Crippen LogP contribution in [0, 0.1) is 0 Å². The lowest BCUT2D eigenvalue weighted by molar-refractivity contribution is 0.599. The Kier molecular flexibility index (Phi) is 2.05. The minimum absolute atomic E-state index is 0.321. The third-order valence-electron chi connectivity index (χ3n) is 1.79. The first-order valence-corrected chi connectivity index (χ1v) is 6.57. The van der Waals surface area contributed by atoms with Crippen LogP contribution in [0.2, 0.25) is 0 Å². The summed E-state index contributed by atoms with van der Waals surface area (Å²) in [6, 6.07) is 0. The first-order valence-electron chi connectivity index (χ1n) is 3.86. The molecule has 2 aromatic rings. The van der Waals surface area contributed by atoms with Crippen LogP contribution >= 0.6 is 11.3 Å². The molecule has 0 bridgehead atoms. The third-order valence-corrected chi connectivity index (χ3v) is 3.70. The number of rotatable bonds is 1. The van der Waals surface area contributed by atoms with Crippen molar-refractivity contribution in [3.8, 4) is 0 Å². The number of nitrogens with two attached hydrogens (primary N) is 1. The summed E-state index contributed by atoms with van der Waals surface area (Å²) >= 11 is 1.12. The summed E-state index contributed by atoms with van der Waals surface area (Å²) in [5.41, 5.74) is 4.87. The monoisotopic (exact) mass is 245 g/mol. The van der Waals surface area contributed by atoms with Crippen LogP contribution < -0.4 is 11.3 Å². The fourth-order valence-electron chi connectivity index (χ4n) is 1.14. The van der Waals surface area contributed by atoms with E-state index in [0.29, 0.717) is 9.96 Å². The Hall–Kier alpha value is -1.41. The Morgan fingerprint density at radius 2 is 2.20 bits per heavy atom. The van der Waals surface area contributed by atoms with Crippen LogP contribution in [0.1, 0.15) is 0 Å². The molecule has 2 heterocycles. The van der Waals surface area contributed by atoms with Crippen molar-refractivity contribution in [1.82, 2.24) is 9.38 Å². The Morgan fingerprint density at radius 3 is 2.80 bits per heavy atom. The van der Waals surface area contributed by atoms with Gasteiger partial charge in [-0.25, -0.2) is 13.4 Å². The van der Waals surface area contributed by atoms with E-state index in [4.69, 9.17) is 5.73 Å². The molecule has 2 aromatic heterocycles. The fraction of sp³-hybridized carbons (Fsp3) is 0.143. The summed E-state index contributed by atoms with van der Waals surface area (Å²) in [7, 11) is -3.55.